The number of hydrogen-bond acceptors (Lipinski definition) is 3. The number of benzene rings is 1. The predicted octanol–water partition coefficient (Wildman–Crippen LogP) is 4.12. The lowest BCUT2D eigenvalue weighted by Gasteiger charge is -2.35. The third-order valence-corrected chi connectivity index (χ3v) is 7.95. The van der Waals surface area contributed by atoms with Gasteiger partial charge in [0.05, 0.1) is 15.5 Å². The Balaban J connectivity index is 1.89. The number of amides is 1. The Morgan fingerprint density at radius 2 is 1.43 bits per heavy atom. The molecule has 4 atom stereocenters. The van der Waals surface area contributed by atoms with Crippen molar-refractivity contribution in [2.45, 2.75) is 45.4 Å². The van der Waals surface area contributed by atoms with Gasteiger partial charge < -0.3 is 4.90 Å². The van der Waals surface area contributed by atoms with E-state index < -0.39 is 10.0 Å². The van der Waals surface area contributed by atoms with Crippen molar-refractivity contribution in [2.24, 2.45) is 23.7 Å². The number of halogens is 1. The van der Waals surface area contributed by atoms with Crippen molar-refractivity contribution in [3.05, 3.63) is 28.8 Å². The summed E-state index contributed by atoms with van der Waals surface area (Å²) >= 11 is 6.31. The van der Waals surface area contributed by atoms with Gasteiger partial charge in [-0.05, 0) is 54.7 Å². The summed E-state index contributed by atoms with van der Waals surface area (Å²) in [4.78, 5) is 15.1. The first-order valence-corrected chi connectivity index (χ1v) is 12.0. The van der Waals surface area contributed by atoms with Crippen LogP contribution >= 0.6 is 11.6 Å². The number of carbonyl (C=O) groups is 1. The molecule has 0 spiro atoms. The summed E-state index contributed by atoms with van der Waals surface area (Å²) in [5, 5.41) is 0.301. The Kier molecular flexibility index (Phi) is 6.42. The third-order valence-electron chi connectivity index (χ3n) is 5.80. The summed E-state index contributed by atoms with van der Waals surface area (Å²) in [5.41, 5.74) is 0.280. The molecule has 1 amide bonds. The van der Waals surface area contributed by atoms with Gasteiger partial charge in [-0.2, -0.15) is 4.31 Å². The molecule has 0 N–H and O–H groups in total. The van der Waals surface area contributed by atoms with Gasteiger partial charge in [0.2, 0.25) is 10.0 Å². The maximum atomic E-state index is 13.2. The highest BCUT2D eigenvalue weighted by Crippen LogP contribution is 2.30. The molecule has 0 aromatic heterocycles. The Morgan fingerprint density at radius 1 is 0.929 bits per heavy atom. The van der Waals surface area contributed by atoms with Crippen LogP contribution in [0, 0.1) is 23.7 Å². The first-order chi connectivity index (χ1) is 13.1. The molecule has 2 heterocycles. The molecule has 0 saturated carbocycles. The standard InChI is InChI=1S/C21H31ClN2O3S/c1-14-7-15(2)11-23(10-14)21(25)19-9-18(5-6-20(19)22)28(26,27)24-12-16(3)8-17(4)13-24/h5-6,9,14-17H,7-8,10-13H2,1-4H3/t14-,15-,16-,17+/m1/s1. The van der Waals surface area contributed by atoms with Gasteiger partial charge in [0, 0.05) is 26.2 Å². The molecule has 0 unspecified atom stereocenters. The topological polar surface area (TPSA) is 57.7 Å². The molecule has 2 aliphatic rings. The smallest absolute Gasteiger partial charge is 0.255 e. The average Bonchev–Trinajstić information content (AvgIpc) is 2.59. The van der Waals surface area contributed by atoms with Crippen LogP contribution in [0.25, 0.3) is 0 Å². The fraction of sp³-hybridized carbons (Fsp3) is 0.667. The second kappa shape index (κ2) is 8.33. The zero-order valence-electron chi connectivity index (χ0n) is 17.2. The van der Waals surface area contributed by atoms with E-state index >= 15 is 0 Å². The van der Waals surface area contributed by atoms with Crippen molar-refractivity contribution in [3.63, 3.8) is 0 Å². The molecule has 1 aromatic rings. The average molecular weight is 427 g/mol. The van der Waals surface area contributed by atoms with E-state index in [0.29, 0.717) is 54.9 Å². The lowest BCUT2D eigenvalue weighted by atomic mass is 9.91. The van der Waals surface area contributed by atoms with Gasteiger partial charge in [0.25, 0.3) is 5.91 Å². The van der Waals surface area contributed by atoms with Crippen LogP contribution in [0.2, 0.25) is 5.02 Å². The van der Waals surface area contributed by atoms with E-state index in [-0.39, 0.29) is 16.4 Å². The van der Waals surface area contributed by atoms with Gasteiger partial charge in [-0.1, -0.05) is 39.3 Å². The van der Waals surface area contributed by atoms with Crippen molar-refractivity contribution in [2.75, 3.05) is 26.2 Å². The molecule has 3 rings (SSSR count). The van der Waals surface area contributed by atoms with E-state index in [1.54, 1.807) is 4.31 Å². The minimum atomic E-state index is -3.65. The van der Waals surface area contributed by atoms with Crippen LogP contribution in [0.3, 0.4) is 0 Å². The minimum Gasteiger partial charge on any atom is -0.338 e. The molecule has 5 nitrogen and oxygen atoms in total. The number of sulfonamides is 1. The summed E-state index contributed by atoms with van der Waals surface area (Å²) in [6.45, 7) is 10.8. The summed E-state index contributed by atoms with van der Waals surface area (Å²) < 4.78 is 28.0. The second-order valence-corrected chi connectivity index (χ2v) is 11.4. The largest absolute Gasteiger partial charge is 0.338 e. The number of nitrogens with zero attached hydrogens (tertiary/aromatic N) is 2. The lowest BCUT2D eigenvalue weighted by molar-refractivity contribution is 0.0623. The van der Waals surface area contributed by atoms with Crippen LogP contribution < -0.4 is 0 Å². The number of hydrogen-bond donors (Lipinski definition) is 0. The van der Waals surface area contributed by atoms with E-state index in [9.17, 15) is 13.2 Å². The Bertz CT molecular complexity index is 822. The van der Waals surface area contributed by atoms with Gasteiger partial charge in [-0.3, -0.25) is 4.79 Å². The molecule has 2 saturated heterocycles. The molecule has 156 valence electrons. The van der Waals surface area contributed by atoms with Crippen molar-refractivity contribution >= 4 is 27.5 Å². The number of carbonyl (C=O) groups excluding carboxylic acids is 1. The number of piperidine rings is 2. The highest BCUT2D eigenvalue weighted by molar-refractivity contribution is 7.89. The van der Waals surface area contributed by atoms with Crippen LogP contribution in [0.4, 0.5) is 0 Å². The summed E-state index contributed by atoms with van der Waals surface area (Å²) in [6, 6.07) is 4.52. The minimum absolute atomic E-state index is 0.152. The van der Waals surface area contributed by atoms with Gasteiger partial charge in [0.1, 0.15) is 0 Å². The third kappa shape index (κ3) is 4.55. The van der Waals surface area contributed by atoms with Crippen LogP contribution in [-0.4, -0.2) is 49.7 Å². The SMILES string of the molecule is C[C@@H]1C[C@@H](C)CN(C(=O)c2cc(S(=O)(=O)N3C[C@H](C)C[C@H](C)C3)ccc2Cl)C1. The van der Waals surface area contributed by atoms with Crippen LogP contribution in [0.5, 0.6) is 0 Å². The van der Waals surface area contributed by atoms with Crippen LogP contribution in [-0.2, 0) is 10.0 Å². The predicted molar refractivity (Wildman–Crippen MR) is 112 cm³/mol. The van der Waals surface area contributed by atoms with E-state index in [2.05, 4.69) is 27.7 Å². The summed E-state index contributed by atoms with van der Waals surface area (Å²) in [7, 11) is -3.65. The second-order valence-electron chi connectivity index (χ2n) is 9.07. The van der Waals surface area contributed by atoms with E-state index in [1.165, 1.54) is 18.2 Å². The summed E-state index contributed by atoms with van der Waals surface area (Å²) in [5.74, 6) is 1.32. The Morgan fingerprint density at radius 3 is 1.96 bits per heavy atom. The molecule has 28 heavy (non-hydrogen) atoms. The van der Waals surface area contributed by atoms with E-state index in [1.807, 2.05) is 4.90 Å². The highest BCUT2D eigenvalue weighted by atomic mass is 35.5. The zero-order valence-corrected chi connectivity index (χ0v) is 18.8. The van der Waals surface area contributed by atoms with Crippen LogP contribution in [0.1, 0.15) is 50.9 Å². The molecule has 0 aliphatic carbocycles. The monoisotopic (exact) mass is 426 g/mol. The van der Waals surface area contributed by atoms with E-state index in [0.717, 1.165) is 12.8 Å². The molecular weight excluding hydrogens is 396 g/mol. The van der Waals surface area contributed by atoms with Crippen molar-refractivity contribution in [1.29, 1.82) is 0 Å². The Hall–Kier alpha value is -1.11. The highest BCUT2D eigenvalue weighted by Gasteiger charge is 2.33. The quantitative estimate of drug-likeness (QED) is 0.730. The first kappa shape index (κ1) is 21.6. The first-order valence-electron chi connectivity index (χ1n) is 10.2. The van der Waals surface area contributed by atoms with Gasteiger partial charge >= 0.3 is 0 Å². The van der Waals surface area contributed by atoms with Gasteiger partial charge in [0.15, 0.2) is 0 Å². The molecule has 0 radical (unpaired) electrons. The zero-order chi connectivity index (χ0) is 20.6. The van der Waals surface area contributed by atoms with Gasteiger partial charge in [-0.25, -0.2) is 8.42 Å². The van der Waals surface area contributed by atoms with Gasteiger partial charge in [-0.15, -0.1) is 0 Å². The van der Waals surface area contributed by atoms with Crippen molar-refractivity contribution < 1.29 is 13.2 Å². The Labute approximate surface area is 174 Å². The van der Waals surface area contributed by atoms with Crippen LogP contribution in [0.15, 0.2) is 23.1 Å². The normalized spacial score (nSPS) is 29.7. The molecule has 7 heteroatoms. The molecule has 1 aromatic carbocycles. The molecule has 0 bridgehead atoms. The fourth-order valence-corrected chi connectivity index (χ4v) is 6.68. The molecular formula is C21H31ClN2O3S. The molecule has 2 fully saturated rings. The fourth-order valence-electron chi connectivity index (χ4n) is 4.78. The van der Waals surface area contributed by atoms with Crippen molar-refractivity contribution in [1.82, 2.24) is 9.21 Å². The number of rotatable bonds is 3. The van der Waals surface area contributed by atoms with Crippen molar-refractivity contribution in [3.8, 4) is 0 Å². The number of likely N-dealkylation sites (tertiary alicyclic amines) is 1. The summed E-state index contributed by atoms with van der Waals surface area (Å²) in [6.07, 6.45) is 2.12. The lowest BCUT2D eigenvalue weighted by Crippen LogP contribution is -2.43. The molecule has 2 aliphatic heterocycles. The maximum Gasteiger partial charge on any atom is 0.255 e. The maximum absolute atomic E-state index is 13.2. The van der Waals surface area contributed by atoms with E-state index in [4.69, 9.17) is 11.6 Å².